The molecule has 0 aromatic heterocycles. The third kappa shape index (κ3) is 16.5. The van der Waals surface area contributed by atoms with Crippen molar-refractivity contribution in [2.45, 2.75) is 119 Å². The van der Waals surface area contributed by atoms with Crippen molar-refractivity contribution in [1.29, 1.82) is 0 Å². The van der Waals surface area contributed by atoms with Gasteiger partial charge >= 0.3 is 0 Å². The summed E-state index contributed by atoms with van der Waals surface area (Å²) < 4.78 is 27.7. The van der Waals surface area contributed by atoms with Crippen LogP contribution in [0.3, 0.4) is 0 Å². The zero-order valence-corrected chi connectivity index (χ0v) is 27.9. The molecule has 0 bridgehead atoms. The highest BCUT2D eigenvalue weighted by Gasteiger charge is 2.34. The Morgan fingerprint density at radius 2 is 1.27 bits per heavy atom. The van der Waals surface area contributed by atoms with Crippen LogP contribution in [0.25, 0.3) is 0 Å². The van der Waals surface area contributed by atoms with Crippen LogP contribution in [0.5, 0.6) is 0 Å². The lowest BCUT2D eigenvalue weighted by Gasteiger charge is -2.38. The average Bonchev–Trinajstić information content (AvgIpc) is 3.82. The molecule has 0 radical (unpaired) electrons. The number of nitrogens with zero attached hydrogens (tertiary/aromatic N) is 1. The second-order valence-electron chi connectivity index (χ2n) is 14.3. The SMILES string of the molecule is C.C.C1COCCN1.CC1CCC(C(C)C)C(OCC(O)CN2CCOCC2)C1.CC1CCC(C(C)C)C(OCC2CO2)C1. The molecule has 8 atom stereocenters. The first-order valence-corrected chi connectivity index (χ1v) is 17.3. The van der Waals surface area contributed by atoms with Crippen LogP contribution in [0.2, 0.25) is 0 Å². The van der Waals surface area contributed by atoms with E-state index in [1.807, 2.05) is 0 Å². The molecule has 8 heteroatoms. The Bertz CT molecular complexity index is 672. The molecule has 0 aromatic rings. The predicted octanol–water partition coefficient (Wildman–Crippen LogP) is 5.90. The Balaban J connectivity index is 0.000000367. The zero-order chi connectivity index (χ0) is 30.3. The number of epoxide rings is 1. The van der Waals surface area contributed by atoms with Gasteiger partial charge in [0.05, 0.1) is 64.6 Å². The van der Waals surface area contributed by atoms with Gasteiger partial charge in [0.15, 0.2) is 0 Å². The smallest absolute Gasteiger partial charge is 0.104 e. The van der Waals surface area contributed by atoms with E-state index in [1.54, 1.807) is 0 Å². The van der Waals surface area contributed by atoms with Crippen LogP contribution >= 0.6 is 0 Å². The summed E-state index contributed by atoms with van der Waals surface area (Å²) in [4.78, 5) is 2.26. The Kier molecular flexibility index (Phi) is 21.9. The first kappa shape index (κ1) is 41.7. The third-order valence-corrected chi connectivity index (χ3v) is 9.74. The van der Waals surface area contributed by atoms with Crippen LogP contribution in [-0.4, -0.2) is 113 Å². The Morgan fingerprint density at radius 3 is 1.70 bits per heavy atom. The summed E-state index contributed by atoms with van der Waals surface area (Å²) in [7, 11) is 0. The fraction of sp³-hybridized carbons (Fsp3) is 1.00. The van der Waals surface area contributed by atoms with E-state index in [0.717, 1.165) is 95.9 Å². The van der Waals surface area contributed by atoms with Crippen LogP contribution in [0.15, 0.2) is 0 Å². The van der Waals surface area contributed by atoms with Crippen molar-refractivity contribution in [3.63, 3.8) is 0 Å². The molecule has 2 N–H and O–H groups in total. The van der Waals surface area contributed by atoms with Crippen LogP contribution in [0, 0.1) is 35.5 Å². The van der Waals surface area contributed by atoms with Crippen LogP contribution < -0.4 is 5.32 Å². The van der Waals surface area contributed by atoms with Gasteiger partial charge in [-0.3, -0.25) is 4.90 Å². The number of morpholine rings is 2. The van der Waals surface area contributed by atoms with Crippen molar-refractivity contribution in [3.8, 4) is 0 Å². The van der Waals surface area contributed by atoms with Gasteiger partial charge in [-0.05, 0) is 61.2 Å². The zero-order valence-electron chi connectivity index (χ0n) is 27.9. The van der Waals surface area contributed by atoms with Crippen molar-refractivity contribution in [3.05, 3.63) is 0 Å². The fourth-order valence-electron chi connectivity index (χ4n) is 6.89. The van der Waals surface area contributed by atoms with E-state index in [9.17, 15) is 5.11 Å². The number of aliphatic hydroxyl groups excluding tert-OH is 1. The second-order valence-corrected chi connectivity index (χ2v) is 14.3. The molecule has 3 heterocycles. The van der Waals surface area contributed by atoms with Crippen LogP contribution in [0.1, 0.15) is 94.9 Å². The van der Waals surface area contributed by atoms with Gasteiger partial charge in [-0.2, -0.15) is 0 Å². The fourth-order valence-corrected chi connectivity index (χ4v) is 6.89. The summed E-state index contributed by atoms with van der Waals surface area (Å²) in [6.07, 6.45) is 8.54. The number of rotatable bonds is 10. The highest BCUT2D eigenvalue weighted by Crippen LogP contribution is 2.36. The molecular formula is C36H74N2O6. The molecule has 0 amide bonds. The summed E-state index contributed by atoms with van der Waals surface area (Å²) >= 11 is 0. The van der Waals surface area contributed by atoms with Crippen molar-refractivity contribution in [1.82, 2.24) is 10.2 Å². The molecule has 264 valence electrons. The topological polar surface area (TPSA) is 85.0 Å². The predicted molar refractivity (Wildman–Crippen MR) is 182 cm³/mol. The van der Waals surface area contributed by atoms with Crippen LogP contribution in [-0.2, 0) is 23.7 Å². The number of hydrogen-bond acceptors (Lipinski definition) is 8. The lowest BCUT2D eigenvalue weighted by molar-refractivity contribution is -0.0782. The Morgan fingerprint density at radius 1 is 0.773 bits per heavy atom. The minimum Gasteiger partial charge on any atom is -0.389 e. The standard InChI is InChI=1S/C17H33NO3.C13H24O2.C4H9NO.2CH4/c1-13(2)16-5-4-14(3)10-17(16)21-12-15(19)11-18-6-8-20-9-7-18;1-9(2)12-5-4-10(3)6-13(12)15-8-11-7-14-11;1-3-6-4-2-5-1;;/h13-17,19H,4-12H2,1-3H3;9-13H,4-8H2,1-3H3;5H,1-4H2;2*1H4. The largest absolute Gasteiger partial charge is 0.389 e. The van der Waals surface area contributed by atoms with Crippen molar-refractivity contribution in [2.75, 3.05) is 79.0 Å². The van der Waals surface area contributed by atoms with Crippen molar-refractivity contribution < 1.29 is 28.8 Å². The molecule has 0 spiro atoms. The molecule has 3 saturated heterocycles. The molecule has 2 aliphatic carbocycles. The number of hydrogen-bond donors (Lipinski definition) is 2. The Labute approximate surface area is 272 Å². The van der Waals surface area contributed by atoms with E-state index in [2.05, 4.69) is 51.8 Å². The number of ether oxygens (including phenoxy) is 5. The monoisotopic (exact) mass is 631 g/mol. The summed E-state index contributed by atoms with van der Waals surface area (Å²) in [6.45, 7) is 24.0. The Hall–Kier alpha value is -0.320. The van der Waals surface area contributed by atoms with E-state index in [-0.39, 0.29) is 21.0 Å². The molecule has 8 unspecified atom stereocenters. The summed E-state index contributed by atoms with van der Waals surface area (Å²) in [5, 5.41) is 13.4. The highest BCUT2D eigenvalue weighted by atomic mass is 16.6. The average molecular weight is 631 g/mol. The number of β-amino-alcohol motifs (C(OH)–C–C–N with tert-alkyl or cyclic N) is 1. The third-order valence-electron chi connectivity index (χ3n) is 9.74. The lowest BCUT2D eigenvalue weighted by atomic mass is 9.75. The van der Waals surface area contributed by atoms with E-state index in [4.69, 9.17) is 23.7 Å². The lowest BCUT2D eigenvalue weighted by Crippen LogP contribution is -2.43. The molecule has 3 aliphatic heterocycles. The first-order valence-electron chi connectivity index (χ1n) is 17.3. The summed E-state index contributed by atoms with van der Waals surface area (Å²) in [6, 6.07) is 0. The van der Waals surface area contributed by atoms with Gasteiger partial charge < -0.3 is 34.1 Å². The van der Waals surface area contributed by atoms with Gasteiger partial charge in [0.1, 0.15) is 6.10 Å². The maximum Gasteiger partial charge on any atom is 0.104 e. The van der Waals surface area contributed by atoms with Crippen LogP contribution in [0.4, 0.5) is 0 Å². The molecule has 5 rings (SSSR count). The minimum atomic E-state index is -0.381. The van der Waals surface area contributed by atoms with Gasteiger partial charge in [0.2, 0.25) is 0 Å². The van der Waals surface area contributed by atoms with Gasteiger partial charge in [0, 0.05) is 32.7 Å². The molecule has 5 fully saturated rings. The van der Waals surface area contributed by atoms with E-state index in [0.29, 0.717) is 43.3 Å². The number of aliphatic hydroxyl groups is 1. The molecule has 44 heavy (non-hydrogen) atoms. The number of nitrogens with one attached hydrogen (secondary N) is 1. The summed E-state index contributed by atoms with van der Waals surface area (Å²) in [5.74, 6) is 4.42. The van der Waals surface area contributed by atoms with Gasteiger partial charge in [-0.25, -0.2) is 0 Å². The van der Waals surface area contributed by atoms with Gasteiger partial charge in [-0.1, -0.05) is 69.2 Å². The molecule has 0 aromatic carbocycles. The summed E-state index contributed by atoms with van der Waals surface area (Å²) in [5.41, 5.74) is 0. The maximum atomic E-state index is 10.2. The van der Waals surface area contributed by atoms with Crippen molar-refractivity contribution >= 4 is 0 Å². The van der Waals surface area contributed by atoms with E-state index < -0.39 is 0 Å². The second kappa shape index (κ2) is 23.1. The quantitative estimate of drug-likeness (QED) is 0.289. The van der Waals surface area contributed by atoms with Gasteiger partial charge in [-0.15, -0.1) is 0 Å². The molecule has 5 aliphatic rings. The molecular weight excluding hydrogens is 556 g/mol. The molecule has 8 nitrogen and oxygen atoms in total. The van der Waals surface area contributed by atoms with Crippen molar-refractivity contribution in [2.24, 2.45) is 35.5 Å². The maximum absolute atomic E-state index is 10.2. The van der Waals surface area contributed by atoms with E-state index >= 15 is 0 Å². The minimum absolute atomic E-state index is 0. The normalized spacial score (nSPS) is 33.1. The first-order chi connectivity index (χ1) is 20.2. The van der Waals surface area contributed by atoms with E-state index in [1.165, 1.54) is 32.1 Å². The molecule has 2 saturated carbocycles. The highest BCUT2D eigenvalue weighted by molar-refractivity contribution is 4.83. The van der Waals surface area contributed by atoms with Gasteiger partial charge in [0.25, 0.3) is 0 Å².